The first kappa shape index (κ1) is 18.4. The van der Waals surface area contributed by atoms with Crippen molar-refractivity contribution >= 4 is 5.91 Å². The normalized spacial score (nSPS) is 12.1. The van der Waals surface area contributed by atoms with Crippen molar-refractivity contribution in [3.05, 3.63) is 65.7 Å². The number of rotatable bonds is 7. The second-order valence-electron chi connectivity index (χ2n) is 5.47. The SMILES string of the molecule is COc1cc(C/C=C/C(=O)NC[C@H](O)c2ccc(O)cc2)ccc1O. The molecular formula is C19H21NO5. The van der Waals surface area contributed by atoms with Crippen molar-refractivity contribution in [1.82, 2.24) is 5.32 Å². The highest BCUT2D eigenvalue weighted by Crippen LogP contribution is 2.26. The fourth-order valence-electron chi connectivity index (χ4n) is 2.22. The zero-order valence-corrected chi connectivity index (χ0v) is 13.8. The van der Waals surface area contributed by atoms with Gasteiger partial charge in [0, 0.05) is 6.54 Å². The van der Waals surface area contributed by atoms with Gasteiger partial charge in [-0.25, -0.2) is 0 Å². The summed E-state index contributed by atoms with van der Waals surface area (Å²) in [5.41, 5.74) is 1.50. The summed E-state index contributed by atoms with van der Waals surface area (Å²) >= 11 is 0. The van der Waals surface area contributed by atoms with Gasteiger partial charge in [-0.15, -0.1) is 0 Å². The molecule has 0 aromatic heterocycles. The van der Waals surface area contributed by atoms with Gasteiger partial charge in [-0.1, -0.05) is 24.3 Å². The van der Waals surface area contributed by atoms with Crippen molar-refractivity contribution in [3.63, 3.8) is 0 Å². The van der Waals surface area contributed by atoms with E-state index in [0.29, 0.717) is 17.7 Å². The molecule has 0 aliphatic rings. The van der Waals surface area contributed by atoms with Gasteiger partial charge in [-0.05, 0) is 47.9 Å². The molecule has 0 aliphatic heterocycles. The highest BCUT2D eigenvalue weighted by atomic mass is 16.5. The van der Waals surface area contributed by atoms with E-state index in [1.807, 2.05) is 0 Å². The number of nitrogens with one attached hydrogen (secondary N) is 1. The zero-order chi connectivity index (χ0) is 18.2. The molecule has 2 aromatic carbocycles. The number of benzene rings is 2. The van der Waals surface area contributed by atoms with Crippen LogP contribution >= 0.6 is 0 Å². The van der Waals surface area contributed by atoms with Crippen LogP contribution in [0, 0.1) is 0 Å². The number of hydrogen-bond acceptors (Lipinski definition) is 5. The van der Waals surface area contributed by atoms with Crippen LogP contribution in [0.1, 0.15) is 17.2 Å². The predicted octanol–water partition coefficient (Wildman–Crippen LogP) is 2.05. The number of phenolic OH excluding ortho intramolecular Hbond substituents is 2. The van der Waals surface area contributed by atoms with Gasteiger partial charge in [-0.3, -0.25) is 4.79 Å². The Balaban J connectivity index is 1.81. The zero-order valence-electron chi connectivity index (χ0n) is 13.8. The maximum absolute atomic E-state index is 11.8. The Morgan fingerprint density at radius 3 is 2.60 bits per heavy atom. The van der Waals surface area contributed by atoms with E-state index in [2.05, 4.69) is 5.32 Å². The molecule has 0 saturated carbocycles. The molecule has 0 saturated heterocycles. The second-order valence-corrected chi connectivity index (χ2v) is 5.47. The number of allylic oxidation sites excluding steroid dienone is 1. The highest BCUT2D eigenvalue weighted by molar-refractivity contribution is 5.87. The van der Waals surface area contributed by atoms with Gasteiger partial charge in [0.15, 0.2) is 11.5 Å². The molecular weight excluding hydrogens is 322 g/mol. The van der Waals surface area contributed by atoms with Gasteiger partial charge in [0.25, 0.3) is 0 Å². The molecule has 0 fully saturated rings. The Hall–Kier alpha value is -2.99. The fourth-order valence-corrected chi connectivity index (χ4v) is 2.22. The minimum absolute atomic E-state index is 0.0659. The van der Waals surface area contributed by atoms with Crippen molar-refractivity contribution in [3.8, 4) is 17.2 Å². The molecule has 25 heavy (non-hydrogen) atoms. The third-order valence-corrected chi connectivity index (χ3v) is 3.61. The second kappa shape index (κ2) is 8.75. The van der Waals surface area contributed by atoms with E-state index in [1.54, 1.807) is 30.3 Å². The van der Waals surface area contributed by atoms with E-state index in [1.165, 1.54) is 31.4 Å². The number of aliphatic hydroxyl groups excluding tert-OH is 1. The van der Waals surface area contributed by atoms with Crippen LogP contribution in [0.25, 0.3) is 0 Å². The van der Waals surface area contributed by atoms with E-state index in [0.717, 1.165) is 5.56 Å². The highest BCUT2D eigenvalue weighted by Gasteiger charge is 2.08. The van der Waals surface area contributed by atoms with E-state index in [4.69, 9.17) is 4.74 Å². The first-order valence-electron chi connectivity index (χ1n) is 7.77. The molecule has 132 valence electrons. The van der Waals surface area contributed by atoms with Crippen molar-refractivity contribution in [2.75, 3.05) is 13.7 Å². The van der Waals surface area contributed by atoms with Gasteiger partial charge in [0.2, 0.25) is 5.91 Å². The lowest BCUT2D eigenvalue weighted by Gasteiger charge is -2.11. The monoisotopic (exact) mass is 343 g/mol. The molecule has 0 aliphatic carbocycles. The van der Waals surface area contributed by atoms with Crippen LogP contribution < -0.4 is 10.1 Å². The Labute approximate surface area is 146 Å². The topological polar surface area (TPSA) is 99.0 Å². The number of carbonyl (C=O) groups excluding carboxylic acids is 1. The van der Waals surface area contributed by atoms with Crippen LogP contribution in [0.3, 0.4) is 0 Å². The molecule has 1 atom stereocenters. The average molecular weight is 343 g/mol. The van der Waals surface area contributed by atoms with Crippen molar-refractivity contribution in [2.45, 2.75) is 12.5 Å². The molecule has 0 spiro atoms. The lowest BCUT2D eigenvalue weighted by Crippen LogP contribution is -2.26. The van der Waals surface area contributed by atoms with E-state index in [9.17, 15) is 20.1 Å². The smallest absolute Gasteiger partial charge is 0.243 e. The first-order chi connectivity index (χ1) is 12.0. The lowest BCUT2D eigenvalue weighted by atomic mass is 10.1. The summed E-state index contributed by atoms with van der Waals surface area (Å²) in [7, 11) is 1.47. The summed E-state index contributed by atoms with van der Waals surface area (Å²) in [6, 6.07) is 11.1. The maximum atomic E-state index is 11.8. The standard InChI is InChI=1S/C19H21NO5/c1-25-18-11-13(5-10-16(18)22)3-2-4-19(24)20-12-17(23)14-6-8-15(21)9-7-14/h2,4-11,17,21-23H,3,12H2,1H3,(H,20,24)/b4-2+/t17-/m0/s1. The number of phenols is 2. The molecule has 2 rings (SSSR count). The maximum Gasteiger partial charge on any atom is 0.243 e. The van der Waals surface area contributed by atoms with Crippen LogP contribution in [-0.2, 0) is 11.2 Å². The largest absolute Gasteiger partial charge is 0.508 e. The van der Waals surface area contributed by atoms with E-state index in [-0.39, 0.29) is 24.0 Å². The number of ether oxygens (including phenoxy) is 1. The molecule has 0 heterocycles. The molecule has 0 radical (unpaired) electrons. The minimum Gasteiger partial charge on any atom is -0.508 e. The Kier molecular flexibility index (Phi) is 6.42. The van der Waals surface area contributed by atoms with Crippen LogP contribution in [0.4, 0.5) is 0 Å². The Bertz CT molecular complexity index is 740. The van der Waals surface area contributed by atoms with Gasteiger partial charge in [0.1, 0.15) is 5.75 Å². The molecule has 0 bridgehead atoms. The fraction of sp³-hybridized carbons (Fsp3) is 0.211. The summed E-state index contributed by atoms with van der Waals surface area (Å²) in [5.74, 6) is 0.251. The van der Waals surface area contributed by atoms with Crippen LogP contribution in [0.2, 0.25) is 0 Å². The van der Waals surface area contributed by atoms with E-state index >= 15 is 0 Å². The average Bonchev–Trinajstić information content (AvgIpc) is 2.61. The predicted molar refractivity (Wildman–Crippen MR) is 93.6 cm³/mol. The van der Waals surface area contributed by atoms with E-state index < -0.39 is 6.10 Å². The third kappa shape index (κ3) is 5.54. The number of hydrogen-bond donors (Lipinski definition) is 4. The van der Waals surface area contributed by atoms with Gasteiger partial charge in [0.05, 0.1) is 13.2 Å². The summed E-state index contributed by atoms with van der Waals surface area (Å²) < 4.78 is 5.03. The molecule has 1 amide bonds. The third-order valence-electron chi connectivity index (χ3n) is 3.61. The molecule has 2 aromatic rings. The molecule has 6 nitrogen and oxygen atoms in total. The number of aliphatic hydroxyl groups is 1. The Morgan fingerprint density at radius 2 is 1.92 bits per heavy atom. The van der Waals surface area contributed by atoms with Crippen LogP contribution in [0.15, 0.2) is 54.6 Å². The van der Waals surface area contributed by atoms with Crippen molar-refractivity contribution in [1.29, 1.82) is 0 Å². The number of carbonyl (C=O) groups is 1. The van der Waals surface area contributed by atoms with Gasteiger partial charge >= 0.3 is 0 Å². The number of aromatic hydroxyl groups is 2. The van der Waals surface area contributed by atoms with Crippen LogP contribution in [-0.4, -0.2) is 34.9 Å². The molecule has 0 unspecified atom stereocenters. The summed E-state index contributed by atoms with van der Waals surface area (Å²) in [5, 5.41) is 31.3. The lowest BCUT2D eigenvalue weighted by molar-refractivity contribution is -0.117. The van der Waals surface area contributed by atoms with Crippen molar-refractivity contribution in [2.24, 2.45) is 0 Å². The van der Waals surface area contributed by atoms with Crippen LogP contribution in [0.5, 0.6) is 17.2 Å². The van der Waals surface area contributed by atoms with Gasteiger partial charge in [-0.2, -0.15) is 0 Å². The molecule has 4 N–H and O–H groups in total. The quantitative estimate of drug-likeness (QED) is 0.577. The number of methoxy groups -OCH3 is 1. The minimum atomic E-state index is -0.848. The first-order valence-corrected chi connectivity index (χ1v) is 7.77. The summed E-state index contributed by atoms with van der Waals surface area (Å²) in [6.45, 7) is 0.0704. The number of amides is 1. The summed E-state index contributed by atoms with van der Waals surface area (Å²) in [6.07, 6.45) is 2.74. The molecule has 6 heteroatoms. The summed E-state index contributed by atoms with van der Waals surface area (Å²) in [4.78, 5) is 11.8. The Morgan fingerprint density at radius 1 is 1.20 bits per heavy atom. The van der Waals surface area contributed by atoms with Crippen molar-refractivity contribution < 1.29 is 24.9 Å². The van der Waals surface area contributed by atoms with Gasteiger partial charge < -0.3 is 25.4 Å².